The van der Waals surface area contributed by atoms with Gasteiger partial charge in [-0.2, -0.15) is 0 Å². The van der Waals surface area contributed by atoms with Crippen molar-refractivity contribution in [2.24, 2.45) is 0 Å². The van der Waals surface area contributed by atoms with Crippen LogP contribution in [0.3, 0.4) is 0 Å². The predicted octanol–water partition coefficient (Wildman–Crippen LogP) is 6.21. The van der Waals surface area contributed by atoms with Gasteiger partial charge in [-0.25, -0.2) is 0 Å². The Labute approximate surface area is 169 Å². The summed E-state index contributed by atoms with van der Waals surface area (Å²) >= 11 is -2.55. The van der Waals surface area contributed by atoms with E-state index in [9.17, 15) is 0 Å². The molecule has 1 heterocycles. The van der Waals surface area contributed by atoms with Crippen LogP contribution in [-0.4, -0.2) is 35.7 Å². The molecule has 0 aliphatic heterocycles. The van der Waals surface area contributed by atoms with E-state index in [1.165, 1.54) is 57.4 Å². The third-order valence-electron chi connectivity index (χ3n) is 5.68. The van der Waals surface area contributed by atoms with Crippen LogP contribution in [0.4, 0.5) is 0 Å². The normalized spacial score (nSPS) is 11.6. The van der Waals surface area contributed by atoms with Crippen LogP contribution >= 0.6 is 0 Å². The first-order valence-electron chi connectivity index (χ1n) is 10.7. The first kappa shape index (κ1) is 22.2. The molecule has 0 saturated carbocycles. The van der Waals surface area contributed by atoms with E-state index in [0.29, 0.717) is 0 Å². The fraction of sp³-hybridized carbons (Fsp3) is 0.565. The summed E-state index contributed by atoms with van der Waals surface area (Å²) in [5, 5.41) is 8.93. The summed E-state index contributed by atoms with van der Waals surface area (Å²) < 4.78 is 11.3. The summed E-state index contributed by atoms with van der Waals surface area (Å²) in [6.45, 7) is 6.97. The second-order valence-corrected chi connectivity index (χ2v) is 20.7. The van der Waals surface area contributed by atoms with Crippen molar-refractivity contribution in [2.45, 2.75) is 72.6 Å². The predicted molar refractivity (Wildman–Crippen MR) is 119 cm³/mol. The minimum atomic E-state index is -2.55. The molecule has 0 spiro atoms. The molecule has 148 valence electrons. The standard InChI is InChI=1S/C11H9N2O.3C4H9.Sn/c1-14-10-6-4-9(5-7-10)11-3-2-8-12-13-11;3*1-3-4-2;/h2,4-8H,1H3;3*1,3-4H2,2H3;. The van der Waals surface area contributed by atoms with Crippen LogP contribution in [-0.2, 0) is 0 Å². The molecular weight excluding hydrogens is 439 g/mol. The Morgan fingerprint density at radius 1 is 0.815 bits per heavy atom. The summed E-state index contributed by atoms with van der Waals surface area (Å²) in [5.74, 6) is 0.891. The van der Waals surface area contributed by atoms with Gasteiger partial charge in [0.15, 0.2) is 0 Å². The van der Waals surface area contributed by atoms with Crippen molar-refractivity contribution in [3.05, 3.63) is 36.5 Å². The summed E-state index contributed by atoms with van der Waals surface area (Å²) in [4.78, 5) is 0. The number of hydrogen-bond donors (Lipinski definition) is 0. The van der Waals surface area contributed by atoms with Crippen molar-refractivity contribution >= 4 is 22.0 Å². The second-order valence-electron chi connectivity index (χ2n) is 7.61. The molecule has 2 aromatic rings. The third-order valence-corrected chi connectivity index (χ3v) is 21.3. The van der Waals surface area contributed by atoms with Crippen molar-refractivity contribution in [3.63, 3.8) is 0 Å². The number of benzene rings is 1. The molecule has 0 aliphatic carbocycles. The zero-order valence-corrected chi connectivity index (χ0v) is 20.5. The number of hydrogen-bond acceptors (Lipinski definition) is 3. The molecule has 0 fully saturated rings. The van der Waals surface area contributed by atoms with Gasteiger partial charge in [-0.1, -0.05) is 0 Å². The van der Waals surface area contributed by atoms with Crippen LogP contribution < -0.4 is 8.32 Å². The van der Waals surface area contributed by atoms with Crippen molar-refractivity contribution in [1.29, 1.82) is 0 Å². The van der Waals surface area contributed by atoms with Gasteiger partial charge in [0.25, 0.3) is 0 Å². The van der Waals surface area contributed by atoms with Crippen LogP contribution in [0.2, 0.25) is 13.3 Å². The Kier molecular flexibility index (Phi) is 9.60. The van der Waals surface area contributed by atoms with E-state index in [-0.39, 0.29) is 0 Å². The Morgan fingerprint density at radius 3 is 1.85 bits per heavy atom. The quantitative estimate of drug-likeness (QED) is 0.343. The summed E-state index contributed by atoms with van der Waals surface area (Å²) in [7, 11) is 1.71. The minimum absolute atomic E-state index is 0.891. The first-order valence-corrected chi connectivity index (χ1v) is 18.2. The fourth-order valence-electron chi connectivity index (χ4n) is 4.05. The zero-order chi connectivity index (χ0) is 19.5. The van der Waals surface area contributed by atoms with Crippen molar-refractivity contribution < 1.29 is 4.74 Å². The number of rotatable bonds is 12. The molecule has 1 aromatic carbocycles. The van der Waals surface area contributed by atoms with Crippen LogP contribution in [0, 0.1) is 0 Å². The molecular formula is C23H36N2OSn. The Bertz CT molecular complexity index is 651. The van der Waals surface area contributed by atoms with Gasteiger partial charge in [0.1, 0.15) is 0 Å². The first-order chi connectivity index (χ1) is 13.2. The number of unbranched alkanes of at least 4 members (excludes halogenated alkanes) is 3. The van der Waals surface area contributed by atoms with E-state index < -0.39 is 18.4 Å². The molecule has 0 bridgehead atoms. The molecule has 1 aromatic heterocycles. The molecule has 0 unspecified atom stereocenters. The Hall–Kier alpha value is -1.10. The van der Waals surface area contributed by atoms with Gasteiger partial charge >= 0.3 is 170 Å². The molecule has 0 aliphatic rings. The van der Waals surface area contributed by atoms with E-state index in [2.05, 4.69) is 49.2 Å². The molecule has 27 heavy (non-hydrogen) atoms. The van der Waals surface area contributed by atoms with Gasteiger partial charge in [0.05, 0.1) is 0 Å². The molecule has 0 saturated heterocycles. The van der Waals surface area contributed by atoms with E-state index in [1.54, 1.807) is 10.7 Å². The van der Waals surface area contributed by atoms with Gasteiger partial charge in [0.2, 0.25) is 0 Å². The molecule has 4 heteroatoms. The maximum atomic E-state index is 5.34. The molecule has 0 amide bonds. The van der Waals surface area contributed by atoms with Gasteiger partial charge in [-0.3, -0.25) is 0 Å². The van der Waals surface area contributed by atoms with E-state index >= 15 is 0 Å². The van der Waals surface area contributed by atoms with Gasteiger partial charge in [0, 0.05) is 0 Å². The number of nitrogens with zero attached hydrogens (tertiary/aromatic N) is 2. The summed E-state index contributed by atoms with van der Waals surface area (Å²) in [5.41, 5.74) is 2.32. The van der Waals surface area contributed by atoms with E-state index in [4.69, 9.17) is 4.74 Å². The van der Waals surface area contributed by atoms with E-state index in [1.807, 2.05) is 18.3 Å². The maximum absolute atomic E-state index is 5.34. The molecule has 2 rings (SSSR count). The fourth-order valence-corrected chi connectivity index (χ4v) is 20.5. The second kappa shape index (κ2) is 11.7. The Morgan fingerprint density at radius 2 is 1.37 bits per heavy atom. The molecule has 3 nitrogen and oxygen atoms in total. The van der Waals surface area contributed by atoms with Crippen LogP contribution in [0.5, 0.6) is 5.75 Å². The summed E-state index contributed by atoms with van der Waals surface area (Å²) in [6.07, 6.45) is 9.85. The van der Waals surface area contributed by atoms with Crippen LogP contribution in [0.1, 0.15) is 59.3 Å². The van der Waals surface area contributed by atoms with Gasteiger partial charge < -0.3 is 0 Å². The topological polar surface area (TPSA) is 35.0 Å². The molecule has 0 atom stereocenters. The monoisotopic (exact) mass is 476 g/mol. The average molecular weight is 475 g/mol. The van der Waals surface area contributed by atoms with Crippen LogP contribution in [0.25, 0.3) is 11.3 Å². The van der Waals surface area contributed by atoms with Gasteiger partial charge in [-0.15, -0.1) is 0 Å². The number of ether oxygens (including phenoxy) is 1. The van der Waals surface area contributed by atoms with Crippen molar-refractivity contribution in [1.82, 2.24) is 10.2 Å². The average Bonchev–Trinajstić information content (AvgIpc) is 2.73. The van der Waals surface area contributed by atoms with Crippen molar-refractivity contribution in [2.75, 3.05) is 7.11 Å². The van der Waals surface area contributed by atoms with Crippen molar-refractivity contribution in [3.8, 4) is 17.0 Å². The van der Waals surface area contributed by atoms with Gasteiger partial charge in [-0.05, 0) is 0 Å². The molecule has 0 N–H and O–H groups in total. The Balaban J connectivity index is 2.52. The third kappa shape index (κ3) is 5.94. The SMILES string of the molecule is CCC[CH2][Sn]([CH2]CCC)([CH2]CCC)[c]1ccnnc1-c1ccc(OC)cc1. The molecule has 0 radical (unpaired) electrons. The number of aromatic nitrogens is 2. The summed E-state index contributed by atoms with van der Waals surface area (Å²) in [6, 6.07) is 10.7. The van der Waals surface area contributed by atoms with Crippen LogP contribution in [0.15, 0.2) is 36.5 Å². The van der Waals surface area contributed by atoms with E-state index in [0.717, 1.165) is 11.4 Å². The zero-order valence-electron chi connectivity index (χ0n) is 17.6. The number of methoxy groups -OCH3 is 1.